The lowest BCUT2D eigenvalue weighted by Gasteiger charge is -2.34. The molecule has 0 spiro atoms. The Morgan fingerprint density at radius 1 is 1.12 bits per heavy atom. The zero-order chi connectivity index (χ0) is 30.5. The third kappa shape index (κ3) is 8.69. The normalized spacial score (nSPS) is 19.9. The molecule has 16 heteroatoms. The zero-order valence-electron chi connectivity index (χ0n) is 22.2. The second kappa shape index (κ2) is 13.4. The van der Waals surface area contributed by atoms with E-state index >= 15 is 0 Å². The summed E-state index contributed by atoms with van der Waals surface area (Å²) in [5.41, 5.74) is -0.919. The van der Waals surface area contributed by atoms with Crippen LogP contribution in [0.2, 0.25) is 4.34 Å². The second-order valence-corrected chi connectivity index (χ2v) is 13.2. The Morgan fingerprint density at radius 2 is 1.88 bits per heavy atom. The van der Waals surface area contributed by atoms with Crippen LogP contribution in [0, 0.1) is 0 Å². The first-order chi connectivity index (χ1) is 19.8. The fourth-order valence-corrected chi connectivity index (χ4v) is 6.88. The Kier molecular flexibility index (Phi) is 10.2. The number of likely N-dealkylation sites (tertiary alicyclic amines) is 2. The molecular weight excluding hydrogens is 619 g/mol. The molecule has 1 aromatic carbocycles. The average Bonchev–Trinajstić information content (AvgIpc) is 3.57. The van der Waals surface area contributed by atoms with Gasteiger partial charge in [0.05, 0.1) is 16.4 Å². The molecule has 2 aliphatic rings. The molecule has 2 fully saturated rings. The number of nitrogens with one attached hydrogen (secondary N) is 3. The minimum atomic E-state index is -4.55. The molecular formula is C26H29ClF3N5O5S2. The minimum Gasteiger partial charge on any atom is -0.336 e. The van der Waals surface area contributed by atoms with Gasteiger partial charge in [-0.2, -0.15) is 17.9 Å². The van der Waals surface area contributed by atoms with Gasteiger partial charge in [0.1, 0.15) is 6.04 Å². The summed E-state index contributed by atoms with van der Waals surface area (Å²) in [7, 11) is -3.94. The number of hydrogen-bond donors (Lipinski definition) is 3. The van der Waals surface area contributed by atoms with Crippen LogP contribution in [0.25, 0.3) is 6.08 Å². The summed E-state index contributed by atoms with van der Waals surface area (Å²) >= 11 is 7.07. The summed E-state index contributed by atoms with van der Waals surface area (Å²) < 4.78 is 66.8. The molecule has 3 heterocycles. The molecule has 0 radical (unpaired) electrons. The van der Waals surface area contributed by atoms with Crippen LogP contribution in [0.3, 0.4) is 0 Å². The van der Waals surface area contributed by atoms with Gasteiger partial charge in [-0.05, 0) is 62.1 Å². The van der Waals surface area contributed by atoms with Gasteiger partial charge in [-0.1, -0.05) is 17.7 Å². The van der Waals surface area contributed by atoms with Crippen molar-refractivity contribution in [2.45, 2.75) is 43.9 Å². The van der Waals surface area contributed by atoms with E-state index in [4.69, 9.17) is 11.6 Å². The van der Waals surface area contributed by atoms with Crippen molar-refractivity contribution in [3.63, 3.8) is 0 Å². The number of benzene rings is 1. The molecule has 2 atom stereocenters. The van der Waals surface area contributed by atoms with Gasteiger partial charge in [0.15, 0.2) is 0 Å². The summed E-state index contributed by atoms with van der Waals surface area (Å²) in [5, 5.41) is 5.92. The van der Waals surface area contributed by atoms with Crippen LogP contribution in [-0.4, -0.2) is 74.3 Å². The number of hydrogen-bond acceptors (Lipinski definition) is 6. The van der Waals surface area contributed by atoms with E-state index in [1.165, 1.54) is 34.4 Å². The molecule has 0 bridgehead atoms. The molecule has 2 saturated heterocycles. The molecule has 228 valence electrons. The number of thiophene rings is 1. The molecule has 4 rings (SSSR count). The smallest absolute Gasteiger partial charge is 0.336 e. The largest absolute Gasteiger partial charge is 0.416 e. The van der Waals surface area contributed by atoms with Crippen molar-refractivity contribution >= 4 is 62.6 Å². The van der Waals surface area contributed by atoms with E-state index in [0.717, 1.165) is 17.5 Å². The number of nitrogens with zero attached hydrogens (tertiary/aromatic N) is 2. The SMILES string of the molecule is O=C(NC[C@@H]1CCCN1C(=O)CN1CCC[C@H](NS(=O)(=O)/C=C/c2ccc(Cl)s2)C1=O)Nc1cccc(C(F)(F)F)c1. The van der Waals surface area contributed by atoms with Gasteiger partial charge in [-0.3, -0.25) is 9.59 Å². The Labute approximate surface area is 249 Å². The van der Waals surface area contributed by atoms with Crippen molar-refractivity contribution < 1.29 is 36.0 Å². The van der Waals surface area contributed by atoms with Crippen LogP contribution >= 0.6 is 22.9 Å². The van der Waals surface area contributed by atoms with Gasteiger partial charge < -0.3 is 20.4 Å². The van der Waals surface area contributed by atoms with E-state index in [0.29, 0.717) is 48.0 Å². The maximum atomic E-state index is 13.1. The Balaban J connectivity index is 1.28. The summed E-state index contributed by atoms with van der Waals surface area (Å²) in [5.74, 6) is -0.844. The first-order valence-electron chi connectivity index (χ1n) is 13.1. The fourth-order valence-electron chi connectivity index (χ4n) is 4.81. The summed E-state index contributed by atoms with van der Waals surface area (Å²) in [6.45, 7) is 0.529. The Hall–Kier alpha value is -3.14. The third-order valence-electron chi connectivity index (χ3n) is 6.81. The highest BCUT2D eigenvalue weighted by Gasteiger charge is 2.35. The number of rotatable bonds is 9. The number of carbonyl (C=O) groups excluding carboxylic acids is 3. The highest BCUT2D eigenvalue weighted by Crippen LogP contribution is 2.30. The van der Waals surface area contributed by atoms with E-state index in [-0.39, 0.29) is 30.7 Å². The van der Waals surface area contributed by atoms with Crippen molar-refractivity contribution in [3.05, 3.63) is 56.6 Å². The summed E-state index contributed by atoms with van der Waals surface area (Å²) in [4.78, 5) is 42.0. The molecule has 0 unspecified atom stereocenters. The number of piperidine rings is 1. The van der Waals surface area contributed by atoms with Crippen LogP contribution in [0.5, 0.6) is 0 Å². The number of amides is 4. The predicted octanol–water partition coefficient (Wildman–Crippen LogP) is 4.11. The molecule has 42 heavy (non-hydrogen) atoms. The van der Waals surface area contributed by atoms with Crippen molar-refractivity contribution in [3.8, 4) is 0 Å². The number of urea groups is 1. The maximum Gasteiger partial charge on any atom is 0.416 e. The van der Waals surface area contributed by atoms with Crippen LogP contribution in [0.15, 0.2) is 41.8 Å². The van der Waals surface area contributed by atoms with E-state index in [1.807, 2.05) is 0 Å². The topological polar surface area (TPSA) is 128 Å². The number of carbonyl (C=O) groups is 3. The Bertz CT molecular complexity index is 1450. The van der Waals surface area contributed by atoms with Crippen molar-refractivity contribution in [2.75, 3.05) is 31.5 Å². The first-order valence-corrected chi connectivity index (χ1v) is 15.8. The summed E-state index contributed by atoms with van der Waals surface area (Å²) in [6.07, 6.45) is -1.11. The van der Waals surface area contributed by atoms with Gasteiger partial charge in [-0.15, -0.1) is 11.3 Å². The lowest BCUT2D eigenvalue weighted by atomic mass is 10.1. The second-order valence-electron chi connectivity index (χ2n) is 9.86. The van der Waals surface area contributed by atoms with Crippen LogP contribution in [0.4, 0.5) is 23.7 Å². The number of alkyl halides is 3. The monoisotopic (exact) mass is 647 g/mol. The van der Waals surface area contributed by atoms with Crippen molar-refractivity contribution in [2.24, 2.45) is 0 Å². The van der Waals surface area contributed by atoms with Crippen LogP contribution in [0.1, 0.15) is 36.1 Å². The van der Waals surface area contributed by atoms with Crippen LogP contribution in [-0.2, 0) is 25.8 Å². The first kappa shape index (κ1) is 31.8. The lowest BCUT2D eigenvalue weighted by molar-refractivity contribution is -0.143. The number of sulfonamides is 1. The van der Waals surface area contributed by atoms with Gasteiger partial charge in [0.25, 0.3) is 0 Å². The zero-order valence-corrected chi connectivity index (χ0v) is 24.6. The molecule has 10 nitrogen and oxygen atoms in total. The number of anilines is 1. The highest BCUT2D eigenvalue weighted by atomic mass is 35.5. The summed E-state index contributed by atoms with van der Waals surface area (Å²) in [6, 6.07) is 5.46. The quantitative estimate of drug-likeness (QED) is 0.378. The van der Waals surface area contributed by atoms with Crippen molar-refractivity contribution in [1.82, 2.24) is 19.8 Å². The van der Waals surface area contributed by atoms with Crippen LogP contribution < -0.4 is 15.4 Å². The third-order valence-corrected chi connectivity index (χ3v) is 9.12. The predicted molar refractivity (Wildman–Crippen MR) is 153 cm³/mol. The molecule has 1 aromatic heterocycles. The van der Waals surface area contributed by atoms with E-state index < -0.39 is 39.7 Å². The van der Waals surface area contributed by atoms with Gasteiger partial charge in [0, 0.05) is 41.6 Å². The molecule has 0 aliphatic carbocycles. The fraction of sp³-hybridized carbons (Fsp3) is 0.423. The van der Waals surface area contributed by atoms with Gasteiger partial charge in [-0.25, -0.2) is 13.2 Å². The van der Waals surface area contributed by atoms with Gasteiger partial charge >= 0.3 is 12.2 Å². The molecule has 2 aliphatic heterocycles. The maximum absolute atomic E-state index is 13.1. The highest BCUT2D eigenvalue weighted by molar-refractivity contribution is 7.92. The molecule has 3 N–H and O–H groups in total. The van der Waals surface area contributed by atoms with E-state index in [2.05, 4.69) is 15.4 Å². The van der Waals surface area contributed by atoms with E-state index in [1.54, 1.807) is 17.0 Å². The average molecular weight is 648 g/mol. The molecule has 2 aromatic rings. The van der Waals surface area contributed by atoms with Crippen molar-refractivity contribution in [1.29, 1.82) is 0 Å². The minimum absolute atomic E-state index is 0.0260. The lowest BCUT2D eigenvalue weighted by Crippen LogP contribution is -2.55. The Morgan fingerprint density at radius 3 is 2.60 bits per heavy atom. The standard InChI is InChI=1S/C26H29ClF3N5O5S2/c27-22-9-8-20(41-22)10-13-42(39,40)33-21-7-3-11-34(24(21)37)16-23(36)35-12-2-6-19(35)15-31-25(38)32-18-5-1-4-17(14-18)26(28,29)30/h1,4-5,8-10,13-14,19,21,33H,2-3,6-7,11-12,15-16H2,(H2,31,32,38)/b13-10+/t19-,21-/m0/s1. The number of halogens is 4. The van der Waals surface area contributed by atoms with E-state index in [9.17, 15) is 36.0 Å². The van der Waals surface area contributed by atoms with Gasteiger partial charge in [0.2, 0.25) is 21.8 Å². The molecule has 4 amide bonds. The molecule has 0 saturated carbocycles.